The summed E-state index contributed by atoms with van der Waals surface area (Å²) in [6.07, 6.45) is 0. The quantitative estimate of drug-likeness (QED) is 0.678. The van der Waals surface area contributed by atoms with Crippen LogP contribution >= 0.6 is 0 Å². The van der Waals surface area contributed by atoms with Crippen molar-refractivity contribution in [3.05, 3.63) is 89.0 Å². The summed E-state index contributed by atoms with van der Waals surface area (Å²) in [5.41, 5.74) is 3.43. The van der Waals surface area contributed by atoms with Crippen LogP contribution in [0.15, 0.2) is 66.7 Å². The predicted molar refractivity (Wildman–Crippen MR) is 106 cm³/mol. The number of carbonyl (C=O) groups is 2. The highest BCUT2D eigenvalue weighted by Crippen LogP contribution is 2.44. The van der Waals surface area contributed by atoms with E-state index in [2.05, 4.69) is 5.32 Å². The molecule has 4 rings (SSSR count). The number of rotatable bonds is 3. The van der Waals surface area contributed by atoms with Crippen molar-refractivity contribution < 1.29 is 19.1 Å². The Morgan fingerprint density at radius 3 is 2.14 bits per heavy atom. The minimum Gasteiger partial charge on any atom is -0.465 e. The number of hydrogen-bond donors (Lipinski definition) is 1. The van der Waals surface area contributed by atoms with E-state index in [9.17, 15) is 9.59 Å². The molecule has 0 radical (unpaired) electrons. The maximum absolute atomic E-state index is 13.3. The lowest BCUT2D eigenvalue weighted by Gasteiger charge is -2.27. The Bertz CT molecular complexity index is 1030. The summed E-state index contributed by atoms with van der Waals surface area (Å²) < 4.78 is 10.7. The van der Waals surface area contributed by atoms with E-state index in [1.807, 2.05) is 55.5 Å². The van der Waals surface area contributed by atoms with Crippen LogP contribution in [0.1, 0.15) is 33.0 Å². The van der Waals surface area contributed by atoms with Crippen molar-refractivity contribution in [1.29, 1.82) is 0 Å². The maximum Gasteiger partial charge on any atom is 0.337 e. The van der Waals surface area contributed by atoms with E-state index in [-0.39, 0.29) is 5.91 Å². The summed E-state index contributed by atoms with van der Waals surface area (Å²) >= 11 is 0. The normalized spacial score (nSPS) is 12.4. The first-order valence-corrected chi connectivity index (χ1v) is 8.94. The van der Waals surface area contributed by atoms with Crippen LogP contribution in [0.4, 0.5) is 5.69 Å². The summed E-state index contributed by atoms with van der Waals surface area (Å²) in [6, 6.07) is 20.1. The second kappa shape index (κ2) is 7.19. The van der Waals surface area contributed by atoms with Crippen LogP contribution in [0.3, 0.4) is 0 Å². The monoisotopic (exact) mass is 373 g/mol. The highest BCUT2D eigenvalue weighted by atomic mass is 16.5. The number of methoxy groups -OCH3 is 1. The van der Waals surface area contributed by atoms with Crippen molar-refractivity contribution >= 4 is 17.6 Å². The molecule has 0 unspecified atom stereocenters. The number of anilines is 1. The topological polar surface area (TPSA) is 64.6 Å². The molecule has 1 N–H and O–H groups in total. The van der Waals surface area contributed by atoms with Crippen LogP contribution in [0.25, 0.3) is 0 Å². The van der Waals surface area contributed by atoms with E-state index in [1.54, 1.807) is 18.2 Å². The summed E-state index contributed by atoms with van der Waals surface area (Å²) in [6.45, 7) is 1.88. The number of hydrogen-bond acceptors (Lipinski definition) is 4. The summed E-state index contributed by atoms with van der Waals surface area (Å²) in [7, 11) is 1.33. The van der Waals surface area contributed by atoms with Crippen molar-refractivity contribution in [3.8, 4) is 11.5 Å². The number of carbonyl (C=O) groups excluding carboxylic acids is 2. The number of esters is 1. The third-order valence-corrected chi connectivity index (χ3v) is 4.86. The predicted octanol–water partition coefficient (Wildman–Crippen LogP) is 4.66. The van der Waals surface area contributed by atoms with Crippen LogP contribution < -0.4 is 10.1 Å². The van der Waals surface area contributed by atoms with Crippen LogP contribution in [0.2, 0.25) is 0 Å². The summed E-state index contributed by atoms with van der Waals surface area (Å²) in [5, 5.41) is 2.98. The fourth-order valence-electron chi connectivity index (χ4n) is 3.40. The van der Waals surface area contributed by atoms with Crippen molar-refractivity contribution in [2.45, 2.75) is 12.8 Å². The van der Waals surface area contributed by atoms with Gasteiger partial charge in [0.05, 0.1) is 18.6 Å². The first-order chi connectivity index (χ1) is 13.6. The zero-order valence-corrected chi connectivity index (χ0v) is 15.6. The Kier molecular flexibility index (Phi) is 4.57. The molecule has 0 saturated heterocycles. The van der Waals surface area contributed by atoms with Crippen LogP contribution in [-0.4, -0.2) is 19.0 Å². The fraction of sp³-hybridized carbons (Fsp3) is 0.130. The van der Waals surface area contributed by atoms with Crippen LogP contribution in [-0.2, 0) is 9.53 Å². The second-order valence-electron chi connectivity index (χ2n) is 6.62. The van der Waals surface area contributed by atoms with Gasteiger partial charge >= 0.3 is 5.97 Å². The first kappa shape index (κ1) is 17.8. The van der Waals surface area contributed by atoms with Gasteiger partial charge in [0.2, 0.25) is 5.91 Å². The molecule has 0 saturated carbocycles. The number of aryl methyl sites for hydroxylation is 1. The number of nitrogens with one attached hydrogen (secondary N) is 1. The third-order valence-electron chi connectivity index (χ3n) is 4.86. The molecule has 0 aliphatic carbocycles. The Balaban J connectivity index is 1.73. The van der Waals surface area contributed by atoms with Gasteiger partial charge in [-0.3, -0.25) is 4.79 Å². The highest BCUT2D eigenvalue weighted by molar-refractivity contribution is 6.01. The minimum atomic E-state index is -0.512. The smallest absolute Gasteiger partial charge is 0.337 e. The Labute approximate surface area is 162 Å². The van der Waals surface area contributed by atoms with Crippen LogP contribution in [0.5, 0.6) is 11.5 Å². The molecule has 0 bridgehead atoms. The number of amides is 1. The third kappa shape index (κ3) is 3.11. The molecule has 1 aliphatic rings. The van der Waals surface area contributed by atoms with Gasteiger partial charge in [0, 0.05) is 16.8 Å². The number of fused-ring (bicyclic) bond motifs is 2. The van der Waals surface area contributed by atoms with Gasteiger partial charge in [-0.2, -0.15) is 0 Å². The molecular formula is C23H19NO4. The van der Waals surface area contributed by atoms with E-state index in [0.29, 0.717) is 22.7 Å². The molecule has 0 fully saturated rings. The van der Waals surface area contributed by atoms with Gasteiger partial charge in [-0.25, -0.2) is 4.79 Å². The lowest BCUT2D eigenvalue weighted by atomic mass is 9.87. The van der Waals surface area contributed by atoms with E-state index >= 15 is 0 Å². The number of ether oxygens (including phenoxy) is 2. The van der Waals surface area contributed by atoms with Crippen molar-refractivity contribution in [2.75, 3.05) is 12.4 Å². The molecule has 0 aromatic heterocycles. The van der Waals surface area contributed by atoms with Crippen LogP contribution in [0, 0.1) is 6.92 Å². The van der Waals surface area contributed by atoms with Gasteiger partial charge in [0.15, 0.2) is 0 Å². The molecule has 5 nitrogen and oxygen atoms in total. The van der Waals surface area contributed by atoms with Gasteiger partial charge in [0.25, 0.3) is 0 Å². The average Bonchev–Trinajstić information content (AvgIpc) is 2.72. The van der Waals surface area contributed by atoms with E-state index < -0.39 is 11.9 Å². The number of para-hydroxylation sites is 2. The van der Waals surface area contributed by atoms with Gasteiger partial charge in [0.1, 0.15) is 11.5 Å². The zero-order chi connectivity index (χ0) is 19.7. The highest BCUT2D eigenvalue weighted by Gasteiger charge is 2.32. The van der Waals surface area contributed by atoms with E-state index in [0.717, 1.165) is 16.7 Å². The summed E-state index contributed by atoms with van der Waals surface area (Å²) in [4.78, 5) is 25.2. The molecule has 28 heavy (non-hydrogen) atoms. The molecular weight excluding hydrogens is 354 g/mol. The molecule has 1 aliphatic heterocycles. The molecule has 140 valence electrons. The Hall–Kier alpha value is -3.60. The Morgan fingerprint density at radius 2 is 1.54 bits per heavy atom. The van der Waals surface area contributed by atoms with Crippen molar-refractivity contribution in [2.24, 2.45) is 0 Å². The van der Waals surface area contributed by atoms with Gasteiger partial charge in [-0.05, 0) is 36.8 Å². The first-order valence-electron chi connectivity index (χ1n) is 8.94. The molecule has 0 spiro atoms. The fourth-order valence-corrected chi connectivity index (χ4v) is 3.40. The molecule has 3 aromatic carbocycles. The largest absolute Gasteiger partial charge is 0.465 e. The molecule has 5 heteroatoms. The molecule has 1 heterocycles. The second-order valence-corrected chi connectivity index (χ2v) is 6.62. The van der Waals surface area contributed by atoms with Crippen molar-refractivity contribution in [1.82, 2.24) is 0 Å². The molecule has 0 atom stereocenters. The lowest BCUT2D eigenvalue weighted by Crippen LogP contribution is -2.25. The number of benzene rings is 3. The molecule has 3 aromatic rings. The minimum absolute atomic E-state index is 0.187. The maximum atomic E-state index is 13.3. The standard InChI is InChI=1S/C23H19NO4/c1-14-11-12-15(23(26)27-2)13-18(14)24-22(25)21-16-7-3-5-9-19(16)28-20-10-6-4-8-17(20)21/h3-13,21H,1-2H3,(H,24,25). The average molecular weight is 373 g/mol. The lowest BCUT2D eigenvalue weighted by molar-refractivity contribution is -0.116. The van der Waals surface area contributed by atoms with Gasteiger partial charge in [-0.15, -0.1) is 0 Å². The SMILES string of the molecule is COC(=O)c1ccc(C)c(NC(=O)C2c3ccccc3Oc3ccccc32)c1. The Morgan fingerprint density at radius 1 is 0.929 bits per heavy atom. The molecule has 1 amide bonds. The summed E-state index contributed by atoms with van der Waals surface area (Å²) in [5.74, 6) is 0.190. The van der Waals surface area contributed by atoms with E-state index in [1.165, 1.54) is 7.11 Å². The van der Waals surface area contributed by atoms with Gasteiger partial charge in [-0.1, -0.05) is 42.5 Å². The van der Waals surface area contributed by atoms with Crippen molar-refractivity contribution in [3.63, 3.8) is 0 Å². The zero-order valence-electron chi connectivity index (χ0n) is 15.6. The van der Waals surface area contributed by atoms with E-state index in [4.69, 9.17) is 9.47 Å². The van der Waals surface area contributed by atoms with Gasteiger partial charge < -0.3 is 14.8 Å².